The Morgan fingerprint density at radius 2 is 1.79 bits per heavy atom. The highest BCUT2D eigenvalue weighted by Crippen LogP contribution is 2.23. The van der Waals surface area contributed by atoms with E-state index in [1.54, 1.807) is 6.07 Å². The van der Waals surface area contributed by atoms with E-state index >= 15 is 0 Å². The Morgan fingerprint density at radius 1 is 1.16 bits per heavy atom. The maximum Gasteiger partial charge on any atom is 0.194 e. The van der Waals surface area contributed by atoms with Crippen molar-refractivity contribution < 1.29 is 13.2 Å². The molecular weight excluding hydrogens is 344 g/mol. The zero-order chi connectivity index (χ0) is 14.0. The molecular formula is C12H7BrClF3N2. The van der Waals surface area contributed by atoms with Crippen LogP contribution in [0, 0.1) is 17.5 Å². The second-order valence-electron chi connectivity index (χ2n) is 3.72. The standard InChI is InChI=1S/C12H7BrClF3N2/c13-8-3-7(5-19-12(8)14)18-4-6-1-9(15)11(17)10(16)2-6/h1-3,5,18H,4H2. The van der Waals surface area contributed by atoms with Crippen LogP contribution in [-0.4, -0.2) is 4.98 Å². The molecule has 0 aliphatic rings. The predicted octanol–water partition coefficient (Wildman–Crippen LogP) is 4.53. The van der Waals surface area contributed by atoms with E-state index in [-0.39, 0.29) is 12.1 Å². The van der Waals surface area contributed by atoms with Gasteiger partial charge in [-0.3, -0.25) is 0 Å². The van der Waals surface area contributed by atoms with Crippen LogP contribution < -0.4 is 5.32 Å². The first-order valence-corrected chi connectivity index (χ1v) is 6.33. The zero-order valence-corrected chi connectivity index (χ0v) is 11.7. The molecule has 0 unspecified atom stereocenters. The van der Waals surface area contributed by atoms with Crippen molar-refractivity contribution in [1.29, 1.82) is 0 Å². The van der Waals surface area contributed by atoms with Gasteiger partial charge in [-0.1, -0.05) is 11.6 Å². The van der Waals surface area contributed by atoms with Gasteiger partial charge in [-0.25, -0.2) is 18.2 Å². The summed E-state index contributed by atoms with van der Waals surface area (Å²) in [5.41, 5.74) is 0.892. The molecule has 0 saturated carbocycles. The number of halogens is 5. The molecule has 1 aromatic heterocycles. The molecule has 1 heterocycles. The normalized spacial score (nSPS) is 10.6. The molecule has 19 heavy (non-hydrogen) atoms. The highest BCUT2D eigenvalue weighted by atomic mass is 79.9. The maximum atomic E-state index is 13.0. The summed E-state index contributed by atoms with van der Waals surface area (Å²) < 4.78 is 39.4. The van der Waals surface area contributed by atoms with Gasteiger partial charge in [0.2, 0.25) is 0 Å². The van der Waals surface area contributed by atoms with E-state index in [2.05, 4.69) is 26.2 Å². The summed E-state index contributed by atoms with van der Waals surface area (Å²) >= 11 is 8.93. The minimum atomic E-state index is -1.47. The number of rotatable bonds is 3. The fourth-order valence-electron chi connectivity index (χ4n) is 1.43. The van der Waals surface area contributed by atoms with Gasteiger partial charge in [-0.15, -0.1) is 0 Å². The molecule has 0 radical (unpaired) electrons. The molecule has 7 heteroatoms. The lowest BCUT2D eigenvalue weighted by atomic mass is 10.2. The molecule has 100 valence electrons. The number of pyridine rings is 1. The van der Waals surface area contributed by atoms with Crippen molar-refractivity contribution in [2.24, 2.45) is 0 Å². The predicted molar refractivity (Wildman–Crippen MR) is 70.6 cm³/mol. The third-order valence-corrected chi connectivity index (χ3v) is 3.47. The molecule has 0 aliphatic heterocycles. The van der Waals surface area contributed by atoms with Gasteiger partial charge >= 0.3 is 0 Å². The van der Waals surface area contributed by atoms with Crippen LogP contribution in [0.2, 0.25) is 5.15 Å². The molecule has 0 spiro atoms. The second kappa shape index (κ2) is 5.79. The summed E-state index contributed by atoms with van der Waals surface area (Å²) in [6, 6.07) is 3.54. The lowest BCUT2D eigenvalue weighted by molar-refractivity contribution is 0.445. The molecule has 1 N–H and O–H groups in total. The van der Waals surface area contributed by atoms with Crippen molar-refractivity contribution in [2.75, 3.05) is 5.32 Å². The Kier molecular flexibility index (Phi) is 4.31. The molecule has 0 bridgehead atoms. The third kappa shape index (κ3) is 3.39. The monoisotopic (exact) mass is 350 g/mol. The Balaban J connectivity index is 2.12. The molecule has 2 aromatic rings. The SMILES string of the molecule is Fc1cc(CNc2cnc(Cl)c(Br)c2)cc(F)c1F. The third-order valence-electron chi connectivity index (χ3n) is 2.34. The molecule has 0 atom stereocenters. The highest BCUT2D eigenvalue weighted by Gasteiger charge is 2.10. The molecule has 2 nitrogen and oxygen atoms in total. The van der Waals surface area contributed by atoms with E-state index in [1.165, 1.54) is 6.20 Å². The van der Waals surface area contributed by atoms with Gasteiger partial charge < -0.3 is 5.32 Å². The van der Waals surface area contributed by atoms with Gasteiger partial charge in [-0.05, 0) is 39.7 Å². The van der Waals surface area contributed by atoms with Gasteiger partial charge in [0.25, 0.3) is 0 Å². The summed E-state index contributed by atoms with van der Waals surface area (Å²) in [5, 5.41) is 3.21. The molecule has 1 aromatic carbocycles. The fourth-order valence-corrected chi connectivity index (χ4v) is 1.88. The molecule has 0 aliphatic carbocycles. The number of benzene rings is 1. The van der Waals surface area contributed by atoms with Crippen molar-refractivity contribution in [3.63, 3.8) is 0 Å². The zero-order valence-electron chi connectivity index (χ0n) is 9.35. The fraction of sp³-hybridized carbons (Fsp3) is 0.0833. The summed E-state index contributed by atoms with van der Waals surface area (Å²) in [7, 11) is 0. The average molecular weight is 352 g/mol. The van der Waals surface area contributed by atoms with Crippen LogP contribution in [0.5, 0.6) is 0 Å². The largest absolute Gasteiger partial charge is 0.380 e. The van der Waals surface area contributed by atoms with Crippen LogP contribution in [0.25, 0.3) is 0 Å². The van der Waals surface area contributed by atoms with Crippen LogP contribution >= 0.6 is 27.5 Å². The van der Waals surface area contributed by atoms with Gasteiger partial charge in [-0.2, -0.15) is 0 Å². The topological polar surface area (TPSA) is 24.9 Å². The number of hydrogen-bond acceptors (Lipinski definition) is 2. The molecule has 0 amide bonds. The number of aromatic nitrogens is 1. The lowest BCUT2D eigenvalue weighted by Crippen LogP contribution is -2.02. The average Bonchev–Trinajstić information content (AvgIpc) is 2.37. The minimum Gasteiger partial charge on any atom is -0.380 e. The quantitative estimate of drug-likeness (QED) is 0.649. The van der Waals surface area contributed by atoms with Crippen molar-refractivity contribution >= 4 is 33.2 Å². The van der Waals surface area contributed by atoms with Crippen LogP contribution in [0.1, 0.15) is 5.56 Å². The number of nitrogens with zero attached hydrogens (tertiary/aromatic N) is 1. The van der Waals surface area contributed by atoms with Gasteiger partial charge in [0.15, 0.2) is 17.5 Å². The van der Waals surface area contributed by atoms with Crippen molar-refractivity contribution in [3.05, 3.63) is 57.0 Å². The Morgan fingerprint density at radius 3 is 2.37 bits per heavy atom. The van der Waals surface area contributed by atoms with Crippen LogP contribution in [-0.2, 0) is 6.54 Å². The first-order chi connectivity index (χ1) is 8.97. The van der Waals surface area contributed by atoms with E-state index in [0.29, 0.717) is 15.3 Å². The van der Waals surface area contributed by atoms with E-state index in [4.69, 9.17) is 11.6 Å². The van der Waals surface area contributed by atoms with Gasteiger partial charge in [0.05, 0.1) is 16.4 Å². The van der Waals surface area contributed by atoms with Crippen molar-refractivity contribution in [2.45, 2.75) is 6.54 Å². The number of nitrogens with one attached hydrogen (secondary N) is 1. The Bertz CT molecular complexity index is 599. The van der Waals surface area contributed by atoms with Gasteiger partial charge in [0, 0.05) is 6.54 Å². The van der Waals surface area contributed by atoms with Crippen LogP contribution in [0.4, 0.5) is 18.9 Å². The smallest absolute Gasteiger partial charge is 0.194 e. The Hall–Kier alpha value is -1.27. The van der Waals surface area contributed by atoms with E-state index in [0.717, 1.165) is 12.1 Å². The summed E-state index contributed by atoms with van der Waals surface area (Å²) in [4.78, 5) is 3.89. The molecule has 0 fully saturated rings. The van der Waals surface area contributed by atoms with Crippen LogP contribution in [0.3, 0.4) is 0 Å². The number of hydrogen-bond donors (Lipinski definition) is 1. The first kappa shape index (κ1) is 14.1. The number of anilines is 1. The summed E-state index contributed by atoms with van der Waals surface area (Å²) in [6.45, 7) is 0.129. The van der Waals surface area contributed by atoms with Crippen LogP contribution in [0.15, 0.2) is 28.9 Å². The molecule has 0 saturated heterocycles. The highest BCUT2D eigenvalue weighted by molar-refractivity contribution is 9.10. The second-order valence-corrected chi connectivity index (χ2v) is 4.94. The van der Waals surface area contributed by atoms with Crippen molar-refractivity contribution in [1.82, 2.24) is 4.98 Å². The van der Waals surface area contributed by atoms with E-state index < -0.39 is 17.5 Å². The van der Waals surface area contributed by atoms with Crippen molar-refractivity contribution in [3.8, 4) is 0 Å². The van der Waals surface area contributed by atoms with Gasteiger partial charge in [0.1, 0.15) is 5.15 Å². The van der Waals surface area contributed by atoms with E-state index in [9.17, 15) is 13.2 Å². The summed E-state index contributed by atoms with van der Waals surface area (Å²) in [5.74, 6) is -3.90. The maximum absolute atomic E-state index is 13.0. The first-order valence-electron chi connectivity index (χ1n) is 5.15. The minimum absolute atomic E-state index is 0.129. The van der Waals surface area contributed by atoms with E-state index in [1.807, 2.05) is 0 Å². The molecule has 2 rings (SSSR count). The Labute approximate surface area is 120 Å². The summed E-state index contributed by atoms with van der Waals surface area (Å²) in [6.07, 6.45) is 1.48. The lowest BCUT2D eigenvalue weighted by Gasteiger charge is -2.08.